The maximum absolute atomic E-state index is 13.0. The number of carbonyl (C=O) groups is 8. The van der Waals surface area contributed by atoms with Crippen LogP contribution < -0.4 is 21.3 Å². The van der Waals surface area contributed by atoms with Gasteiger partial charge in [-0.3, -0.25) is 43.2 Å². The number of benzene rings is 1. The third-order valence-electron chi connectivity index (χ3n) is 6.77. The fraction of sp³-hybridized carbons (Fsp3) is 0.312. The van der Waals surface area contributed by atoms with Crippen molar-refractivity contribution in [1.29, 1.82) is 0 Å². The summed E-state index contributed by atoms with van der Waals surface area (Å²) in [7, 11) is 0. The number of pyridine rings is 1. The van der Waals surface area contributed by atoms with E-state index in [1.807, 2.05) is 36.5 Å². The first-order valence-corrected chi connectivity index (χ1v) is 15.3. The number of hydrogen-bond donors (Lipinski definition) is 4. The van der Waals surface area contributed by atoms with Crippen LogP contribution >= 0.6 is 0 Å². The minimum absolute atomic E-state index is 0.0858. The first-order chi connectivity index (χ1) is 24.5. The van der Waals surface area contributed by atoms with Gasteiger partial charge in [0, 0.05) is 30.6 Å². The smallest absolute Gasteiger partial charge is 0.329 e. The first-order valence-electron chi connectivity index (χ1n) is 15.3. The number of hydrogen-bond acceptors (Lipinski definition) is 14. The van der Waals surface area contributed by atoms with Crippen molar-refractivity contribution < 1.29 is 57.3 Å². The molecule has 268 valence electrons. The zero-order valence-corrected chi connectivity index (χ0v) is 27.0. The zero-order chi connectivity index (χ0) is 36.6. The van der Waals surface area contributed by atoms with E-state index in [0.29, 0.717) is 12.1 Å². The Morgan fingerprint density at radius 1 is 0.608 bits per heavy atom. The number of cyclic esters (lactones) is 4. The molecule has 1 unspecified atom stereocenters. The molecule has 4 N–H and O–H groups in total. The van der Waals surface area contributed by atoms with Gasteiger partial charge in [0.05, 0.1) is 12.2 Å². The monoisotopic (exact) mass is 707 g/mol. The number of carbonyl (C=O) groups excluding carboxylic acids is 8. The average Bonchev–Trinajstić information content (AvgIpc) is 3.60. The standard InChI is InChI=1S/C32H33N7O12/c40-25-16-49-30(45)13-36-27(42)18-51-32(47)24(37-28(43)19-50-31(46)14-35-26(41)17-48-29(44)12-34-25)11-20-1-3-21(4-2-20)15-39-10-7-23(38-39)22-5-8-33-9-6-22/h1-10,24H,11-19H2,(H,34,40)(H,35,41)(H,36,42)(H,37,43). The van der Waals surface area contributed by atoms with Gasteiger partial charge in [0.25, 0.3) is 23.6 Å². The van der Waals surface area contributed by atoms with Crippen LogP contribution in [0.5, 0.6) is 0 Å². The van der Waals surface area contributed by atoms with Crippen LogP contribution in [-0.2, 0) is 70.3 Å². The number of ether oxygens (including phenoxy) is 4. The number of nitrogens with one attached hydrogen (secondary N) is 4. The Morgan fingerprint density at radius 3 is 1.65 bits per heavy atom. The van der Waals surface area contributed by atoms with Crippen LogP contribution in [0.3, 0.4) is 0 Å². The van der Waals surface area contributed by atoms with Crippen LogP contribution in [-0.4, -0.2) is 114 Å². The Labute approximate surface area is 289 Å². The highest BCUT2D eigenvalue weighted by atomic mass is 16.6. The fourth-order valence-corrected chi connectivity index (χ4v) is 4.25. The van der Waals surface area contributed by atoms with E-state index in [-0.39, 0.29) is 6.42 Å². The van der Waals surface area contributed by atoms with Crippen LogP contribution in [0.2, 0.25) is 0 Å². The van der Waals surface area contributed by atoms with Gasteiger partial charge in [0.15, 0.2) is 26.4 Å². The van der Waals surface area contributed by atoms with Crippen LogP contribution in [0.25, 0.3) is 11.3 Å². The third-order valence-corrected chi connectivity index (χ3v) is 6.77. The molecule has 1 aliphatic heterocycles. The molecule has 3 aromatic rings. The maximum Gasteiger partial charge on any atom is 0.329 e. The summed E-state index contributed by atoms with van der Waals surface area (Å²) < 4.78 is 21.0. The van der Waals surface area contributed by atoms with Gasteiger partial charge >= 0.3 is 23.9 Å². The summed E-state index contributed by atoms with van der Waals surface area (Å²) in [5.41, 5.74) is 3.18. The van der Waals surface area contributed by atoms with Crippen molar-refractivity contribution in [3.8, 4) is 11.3 Å². The van der Waals surface area contributed by atoms with Crippen LogP contribution in [0.4, 0.5) is 0 Å². The number of rotatable bonds is 5. The molecule has 0 saturated carbocycles. The van der Waals surface area contributed by atoms with Crippen molar-refractivity contribution in [1.82, 2.24) is 36.0 Å². The summed E-state index contributed by atoms with van der Waals surface area (Å²) >= 11 is 0. The quantitative estimate of drug-likeness (QED) is 0.159. The van der Waals surface area contributed by atoms with E-state index in [4.69, 9.17) is 14.2 Å². The zero-order valence-electron chi connectivity index (χ0n) is 27.0. The molecule has 51 heavy (non-hydrogen) atoms. The fourth-order valence-electron chi connectivity index (χ4n) is 4.25. The van der Waals surface area contributed by atoms with Gasteiger partial charge in [-0.05, 0) is 29.3 Å². The molecule has 1 atom stereocenters. The van der Waals surface area contributed by atoms with Crippen molar-refractivity contribution in [3.63, 3.8) is 0 Å². The van der Waals surface area contributed by atoms with E-state index in [1.54, 1.807) is 29.2 Å². The molecule has 1 fully saturated rings. The van der Waals surface area contributed by atoms with Crippen LogP contribution in [0.1, 0.15) is 11.1 Å². The van der Waals surface area contributed by atoms with E-state index in [9.17, 15) is 38.4 Å². The van der Waals surface area contributed by atoms with Gasteiger partial charge in [-0.25, -0.2) is 4.79 Å². The molecule has 1 aromatic carbocycles. The van der Waals surface area contributed by atoms with Gasteiger partial charge in [0.1, 0.15) is 25.7 Å². The molecule has 4 rings (SSSR count). The van der Waals surface area contributed by atoms with E-state index in [1.165, 1.54) is 0 Å². The Kier molecular flexibility index (Phi) is 13.7. The van der Waals surface area contributed by atoms with Crippen LogP contribution in [0, 0.1) is 0 Å². The summed E-state index contributed by atoms with van der Waals surface area (Å²) in [5, 5.41) is 13.4. The highest BCUT2D eigenvalue weighted by Gasteiger charge is 2.25. The molecule has 0 bridgehead atoms. The molecule has 0 radical (unpaired) electrons. The Morgan fingerprint density at radius 2 is 1.10 bits per heavy atom. The van der Waals surface area contributed by atoms with E-state index in [0.717, 1.165) is 16.8 Å². The van der Waals surface area contributed by atoms with E-state index in [2.05, 4.69) is 36.1 Å². The van der Waals surface area contributed by atoms with E-state index >= 15 is 0 Å². The number of amides is 4. The molecule has 4 amide bonds. The topological polar surface area (TPSA) is 252 Å². The summed E-state index contributed by atoms with van der Waals surface area (Å²) in [5.74, 6) is -7.58. The second-order valence-electron chi connectivity index (χ2n) is 10.7. The average molecular weight is 708 g/mol. The first kappa shape index (κ1) is 37.2. The van der Waals surface area contributed by atoms with Crippen molar-refractivity contribution in [2.75, 3.05) is 46.1 Å². The largest absolute Gasteiger partial charge is 0.454 e. The molecule has 1 saturated heterocycles. The second-order valence-corrected chi connectivity index (χ2v) is 10.7. The number of nitrogens with zero attached hydrogens (tertiary/aromatic N) is 3. The minimum Gasteiger partial charge on any atom is -0.454 e. The lowest BCUT2D eigenvalue weighted by molar-refractivity contribution is -0.154. The second kappa shape index (κ2) is 18.8. The summed E-state index contributed by atoms with van der Waals surface area (Å²) in [6, 6.07) is 11.3. The van der Waals surface area contributed by atoms with Gasteiger partial charge in [-0.1, -0.05) is 24.3 Å². The molecule has 2 aromatic heterocycles. The minimum atomic E-state index is -1.34. The molecule has 1 aliphatic rings. The van der Waals surface area contributed by atoms with Crippen molar-refractivity contribution in [2.45, 2.75) is 19.0 Å². The van der Waals surface area contributed by atoms with Crippen molar-refractivity contribution in [2.24, 2.45) is 0 Å². The summed E-state index contributed by atoms with van der Waals surface area (Å²) in [4.78, 5) is 101. The van der Waals surface area contributed by atoms with Crippen LogP contribution in [0.15, 0.2) is 61.1 Å². The molecule has 3 heterocycles. The lowest BCUT2D eigenvalue weighted by atomic mass is 10.0. The Hall–Kier alpha value is -6.66. The highest BCUT2D eigenvalue weighted by molar-refractivity contribution is 5.90. The highest BCUT2D eigenvalue weighted by Crippen LogP contribution is 2.16. The molecule has 19 nitrogen and oxygen atoms in total. The lowest BCUT2D eigenvalue weighted by Gasteiger charge is -2.18. The molecule has 0 aliphatic carbocycles. The normalized spacial score (nSPS) is 18.0. The van der Waals surface area contributed by atoms with E-state index < -0.39 is 99.6 Å². The molecule has 19 heteroatoms. The predicted octanol–water partition coefficient (Wildman–Crippen LogP) is -2.44. The predicted molar refractivity (Wildman–Crippen MR) is 170 cm³/mol. The molecular weight excluding hydrogens is 674 g/mol. The summed E-state index contributed by atoms with van der Waals surface area (Å²) in [6.07, 6.45) is 5.10. The Bertz CT molecular complexity index is 1740. The van der Waals surface area contributed by atoms with Gasteiger partial charge in [0.2, 0.25) is 0 Å². The van der Waals surface area contributed by atoms with Crippen molar-refractivity contribution in [3.05, 3.63) is 72.2 Å². The maximum atomic E-state index is 13.0. The number of esters is 4. The van der Waals surface area contributed by atoms with Gasteiger partial charge in [-0.15, -0.1) is 0 Å². The third kappa shape index (κ3) is 13.0. The summed E-state index contributed by atoms with van der Waals surface area (Å²) in [6.45, 7) is -4.82. The van der Waals surface area contributed by atoms with Gasteiger partial charge in [-0.2, -0.15) is 5.10 Å². The molecular formula is C32H33N7O12. The van der Waals surface area contributed by atoms with Gasteiger partial charge < -0.3 is 40.2 Å². The Balaban J connectivity index is 1.38. The number of aromatic nitrogens is 3. The molecule has 0 spiro atoms. The lowest BCUT2D eigenvalue weighted by Crippen LogP contribution is -2.46. The van der Waals surface area contributed by atoms with Crippen molar-refractivity contribution >= 4 is 47.5 Å². The SMILES string of the molecule is O=C1COC(=O)CNC(=O)COC(=O)C(Cc2ccc(Cn3ccc(-c4ccncc4)n3)cc2)NC(=O)COC(=O)CNC(=O)COC(=O)CN1.